The van der Waals surface area contributed by atoms with Crippen LogP contribution in [-0.4, -0.2) is 23.7 Å². The number of benzene rings is 1. The fourth-order valence-corrected chi connectivity index (χ4v) is 1.61. The molecule has 0 saturated heterocycles. The Morgan fingerprint density at radius 2 is 2.19 bits per heavy atom. The van der Waals surface area contributed by atoms with Crippen molar-refractivity contribution in [3.63, 3.8) is 0 Å². The maximum absolute atomic E-state index is 11.7. The summed E-state index contributed by atoms with van der Waals surface area (Å²) in [5.41, 5.74) is 0.438. The van der Waals surface area contributed by atoms with Gasteiger partial charge in [-0.25, -0.2) is 0 Å². The van der Waals surface area contributed by atoms with Crippen molar-refractivity contribution in [2.75, 3.05) is 6.54 Å². The van der Waals surface area contributed by atoms with E-state index in [0.29, 0.717) is 17.0 Å². The third-order valence-electron chi connectivity index (χ3n) is 2.24. The first-order valence-electron chi connectivity index (χ1n) is 5.36. The number of rotatable bonds is 5. The highest BCUT2D eigenvalue weighted by Crippen LogP contribution is 2.14. The lowest BCUT2D eigenvalue weighted by Gasteiger charge is -2.11. The van der Waals surface area contributed by atoms with Gasteiger partial charge in [-0.05, 0) is 18.6 Å². The molecule has 0 saturated carbocycles. The van der Waals surface area contributed by atoms with Crippen LogP contribution >= 0.6 is 11.6 Å². The van der Waals surface area contributed by atoms with Gasteiger partial charge < -0.3 is 10.4 Å². The fourth-order valence-electron chi connectivity index (χ4n) is 1.39. The highest BCUT2D eigenvalue weighted by atomic mass is 35.5. The highest BCUT2D eigenvalue weighted by molar-refractivity contribution is 6.33. The van der Waals surface area contributed by atoms with Crippen LogP contribution in [-0.2, 0) is 0 Å². The van der Waals surface area contributed by atoms with E-state index in [2.05, 4.69) is 5.32 Å². The van der Waals surface area contributed by atoms with E-state index in [1.165, 1.54) is 0 Å². The zero-order chi connectivity index (χ0) is 12.0. The first-order valence-corrected chi connectivity index (χ1v) is 5.73. The second-order valence-corrected chi connectivity index (χ2v) is 4.04. The molecule has 0 heterocycles. The normalized spacial score (nSPS) is 12.2. The number of carbonyl (C=O) groups excluding carboxylic acids is 1. The van der Waals surface area contributed by atoms with Crippen LogP contribution in [0.15, 0.2) is 24.3 Å². The molecule has 0 bridgehead atoms. The molecule has 0 aliphatic heterocycles. The number of amides is 1. The largest absolute Gasteiger partial charge is 0.391 e. The molecule has 16 heavy (non-hydrogen) atoms. The van der Waals surface area contributed by atoms with Crippen LogP contribution in [0, 0.1) is 0 Å². The summed E-state index contributed by atoms with van der Waals surface area (Å²) in [6, 6.07) is 6.84. The number of nitrogens with one attached hydrogen (secondary N) is 1. The van der Waals surface area contributed by atoms with Crippen LogP contribution in [0.25, 0.3) is 0 Å². The van der Waals surface area contributed by atoms with E-state index >= 15 is 0 Å². The lowest BCUT2D eigenvalue weighted by molar-refractivity contribution is 0.0910. The predicted octanol–water partition coefficient (Wildman–Crippen LogP) is 2.23. The average Bonchev–Trinajstić information content (AvgIpc) is 2.27. The number of aliphatic hydroxyl groups is 1. The molecule has 3 nitrogen and oxygen atoms in total. The molecular weight excluding hydrogens is 226 g/mol. The number of aliphatic hydroxyl groups excluding tert-OH is 1. The Hall–Kier alpha value is -1.06. The van der Waals surface area contributed by atoms with E-state index in [-0.39, 0.29) is 12.5 Å². The summed E-state index contributed by atoms with van der Waals surface area (Å²) in [6.45, 7) is 2.25. The van der Waals surface area contributed by atoms with Crippen molar-refractivity contribution in [2.45, 2.75) is 25.9 Å². The van der Waals surface area contributed by atoms with Crippen molar-refractivity contribution in [1.29, 1.82) is 0 Å². The lowest BCUT2D eigenvalue weighted by atomic mass is 10.2. The van der Waals surface area contributed by atoms with Gasteiger partial charge in [0.05, 0.1) is 16.7 Å². The van der Waals surface area contributed by atoms with Crippen molar-refractivity contribution in [3.05, 3.63) is 34.9 Å². The van der Waals surface area contributed by atoms with E-state index in [1.54, 1.807) is 24.3 Å². The summed E-state index contributed by atoms with van der Waals surface area (Å²) < 4.78 is 0. The van der Waals surface area contributed by atoms with Crippen molar-refractivity contribution in [2.24, 2.45) is 0 Å². The molecule has 0 fully saturated rings. The van der Waals surface area contributed by atoms with Crippen LogP contribution in [0.2, 0.25) is 5.02 Å². The van der Waals surface area contributed by atoms with Gasteiger partial charge in [0.2, 0.25) is 0 Å². The molecular formula is C12H16ClNO2. The fraction of sp³-hybridized carbons (Fsp3) is 0.417. The Kier molecular flexibility index (Phi) is 5.29. The summed E-state index contributed by atoms with van der Waals surface area (Å²) in [5.74, 6) is -0.249. The van der Waals surface area contributed by atoms with Gasteiger partial charge in [-0.15, -0.1) is 0 Å². The van der Waals surface area contributed by atoms with Gasteiger partial charge in [0.1, 0.15) is 0 Å². The second kappa shape index (κ2) is 6.51. The predicted molar refractivity (Wildman–Crippen MR) is 64.7 cm³/mol. The zero-order valence-corrected chi connectivity index (χ0v) is 10.00. The molecule has 1 aromatic rings. The van der Waals surface area contributed by atoms with E-state index in [1.807, 2.05) is 6.92 Å². The number of hydrogen-bond donors (Lipinski definition) is 2. The SMILES string of the molecule is CCCC(O)CNC(=O)c1ccccc1Cl. The van der Waals surface area contributed by atoms with E-state index in [4.69, 9.17) is 11.6 Å². The zero-order valence-electron chi connectivity index (χ0n) is 9.24. The van der Waals surface area contributed by atoms with E-state index in [9.17, 15) is 9.90 Å². The molecule has 1 rings (SSSR count). The minimum atomic E-state index is -0.489. The first kappa shape index (κ1) is 13.0. The second-order valence-electron chi connectivity index (χ2n) is 3.63. The highest BCUT2D eigenvalue weighted by Gasteiger charge is 2.10. The molecule has 1 atom stereocenters. The van der Waals surface area contributed by atoms with Gasteiger partial charge in [0.15, 0.2) is 0 Å². The maximum Gasteiger partial charge on any atom is 0.252 e. The minimum Gasteiger partial charge on any atom is -0.391 e. The Bertz CT molecular complexity index is 355. The number of halogens is 1. The Labute approximate surface area is 100 Å². The monoisotopic (exact) mass is 241 g/mol. The third-order valence-corrected chi connectivity index (χ3v) is 2.57. The Morgan fingerprint density at radius 3 is 2.81 bits per heavy atom. The third kappa shape index (κ3) is 3.83. The molecule has 2 N–H and O–H groups in total. The molecule has 1 unspecified atom stereocenters. The van der Waals surface area contributed by atoms with E-state index < -0.39 is 6.10 Å². The summed E-state index contributed by atoms with van der Waals surface area (Å²) >= 11 is 5.87. The van der Waals surface area contributed by atoms with Crippen LogP contribution in [0.4, 0.5) is 0 Å². The van der Waals surface area contributed by atoms with Gasteiger partial charge in [0, 0.05) is 6.54 Å². The minimum absolute atomic E-state index is 0.249. The summed E-state index contributed by atoms with van der Waals surface area (Å²) in [6.07, 6.45) is 1.09. The van der Waals surface area contributed by atoms with Crippen molar-refractivity contribution in [1.82, 2.24) is 5.32 Å². The topological polar surface area (TPSA) is 49.3 Å². The van der Waals surface area contributed by atoms with Crippen LogP contribution in [0.1, 0.15) is 30.1 Å². The summed E-state index contributed by atoms with van der Waals surface area (Å²) in [4.78, 5) is 11.7. The van der Waals surface area contributed by atoms with Gasteiger partial charge in [-0.2, -0.15) is 0 Å². The summed E-state index contributed by atoms with van der Waals surface area (Å²) in [7, 11) is 0. The molecule has 1 amide bonds. The Morgan fingerprint density at radius 1 is 1.50 bits per heavy atom. The lowest BCUT2D eigenvalue weighted by Crippen LogP contribution is -2.32. The van der Waals surface area contributed by atoms with E-state index in [0.717, 1.165) is 6.42 Å². The standard InChI is InChI=1S/C12H16ClNO2/c1-2-5-9(15)8-14-12(16)10-6-3-4-7-11(10)13/h3-4,6-7,9,15H,2,5,8H2,1H3,(H,14,16). The molecule has 0 aliphatic rings. The molecule has 4 heteroatoms. The average molecular weight is 242 g/mol. The van der Waals surface area contributed by atoms with Crippen molar-refractivity contribution < 1.29 is 9.90 Å². The van der Waals surface area contributed by atoms with Crippen LogP contribution < -0.4 is 5.32 Å². The molecule has 0 aromatic heterocycles. The molecule has 0 radical (unpaired) electrons. The van der Waals surface area contributed by atoms with Gasteiger partial charge in [0.25, 0.3) is 5.91 Å². The first-order chi connectivity index (χ1) is 7.65. The van der Waals surface area contributed by atoms with Crippen LogP contribution in [0.3, 0.4) is 0 Å². The smallest absolute Gasteiger partial charge is 0.252 e. The summed E-state index contributed by atoms with van der Waals surface area (Å²) in [5, 5.41) is 12.5. The van der Waals surface area contributed by atoms with Crippen molar-refractivity contribution >= 4 is 17.5 Å². The van der Waals surface area contributed by atoms with Crippen LogP contribution in [0.5, 0.6) is 0 Å². The number of hydrogen-bond acceptors (Lipinski definition) is 2. The van der Waals surface area contributed by atoms with Gasteiger partial charge in [-0.1, -0.05) is 37.1 Å². The molecule has 0 aliphatic carbocycles. The van der Waals surface area contributed by atoms with Gasteiger partial charge in [-0.3, -0.25) is 4.79 Å². The number of carbonyl (C=O) groups is 1. The Balaban J connectivity index is 2.50. The molecule has 0 spiro atoms. The van der Waals surface area contributed by atoms with Crippen molar-refractivity contribution in [3.8, 4) is 0 Å². The quantitative estimate of drug-likeness (QED) is 0.831. The van der Waals surface area contributed by atoms with Gasteiger partial charge >= 0.3 is 0 Å². The maximum atomic E-state index is 11.7. The molecule has 1 aromatic carbocycles. The molecule has 88 valence electrons.